The Morgan fingerprint density at radius 1 is 1.10 bits per heavy atom. The van der Waals surface area contributed by atoms with Crippen molar-refractivity contribution in [1.29, 1.82) is 0 Å². The molecule has 0 aromatic carbocycles. The zero-order valence-corrected chi connectivity index (χ0v) is 11.8. The molecule has 1 saturated carbocycles. The fraction of sp³-hybridized carbons (Fsp3) is 0.750. The van der Waals surface area contributed by atoms with Gasteiger partial charge in [0.15, 0.2) is 0 Å². The normalized spacial score (nSPS) is 31.9. The molecule has 2 aliphatic carbocycles. The Morgan fingerprint density at radius 3 is 2.20 bits per heavy atom. The molecule has 0 bridgehead atoms. The molecule has 3 atom stereocenters. The molecule has 110 valence electrons. The molecule has 4 nitrogen and oxygen atoms in total. The molecule has 0 aromatic heterocycles. The number of β-amino-alcohol motifs (C(OH)–C–C–N with tert-alkyl or cyclic N) is 1. The van der Waals surface area contributed by atoms with Crippen LogP contribution < -0.4 is 0 Å². The van der Waals surface area contributed by atoms with E-state index in [1.807, 2.05) is 12.2 Å². The van der Waals surface area contributed by atoms with Crippen molar-refractivity contribution in [3.63, 3.8) is 0 Å². The van der Waals surface area contributed by atoms with Crippen LogP contribution in [0.25, 0.3) is 0 Å². The molecule has 4 heteroatoms. The lowest BCUT2D eigenvalue weighted by atomic mass is 9.85. The van der Waals surface area contributed by atoms with Crippen molar-refractivity contribution >= 4 is 11.8 Å². The Hall–Kier alpha value is -1.16. The van der Waals surface area contributed by atoms with E-state index in [0.717, 1.165) is 6.42 Å². The van der Waals surface area contributed by atoms with Gasteiger partial charge in [-0.15, -0.1) is 0 Å². The number of aliphatic hydroxyl groups is 1. The monoisotopic (exact) mass is 277 g/mol. The number of amides is 2. The third-order valence-electron chi connectivity index (χ3n) is 5.07. The number of carbonyl (C=O) groups excluding carboxylic acids is 2. The van der Waals surface area contributed by atoms with Crippen LogP contribution >= 0.6 is 0 Å². The van der Waals surface area contributed by atoms with Gasteiger partial charge in [-0.05, 0) is 25.2 Å². The van der Waals surface area contributed by atoms with Gasteiger partial charge in [0.1, 0.15) is 0 Å². The lowest BCUT2D eigenvalue weighted by Crippen LogP contribution is -2.38. The summed E-state index contributed by atoms with van der Waals surface area (Å²) >= 11 is 0. The van der Waals surface area contributed by atoms with E-state index in [0.29, 0.717) is 18.8 Å². The first-order valence-electron chi connectivity index (χ1n) is 7.85. The summed E-state index contributed by atoms with van der Waals surface area (Å²) in [6, 6.07) is 0. The number of fused-ring (bicyclic) bond motifs is 1. The van der Waals surface area contributed by atoms with E-state index in [4.69, 9.17) is 0 Å². The van der Waals surface area contributed by atoms with Crippen molar-refractivity contribution < 1.29 is 14.7 Å². The lowest BCUT2D eigenvalue weighted by Gasteiger charge is -2.21. The summed E-state index contributed by atoms with van der Waals surface area (Å²) in [5, 5.41) is 10.2. The molecule has 2 fully saturated rings. The van der Waals surface area contributed by atoms with Crippen molar-refractivity contribution in [2.24, 2.45) is 17.8 Å². The molecular weight excluding hydrogens is 254 g/mol. The number of nitrogens with zero attached hydrogens (tertiary/aromatic N) is 1. The number of hydrogen-bond acceptors (Lipinski definition) is 3. The Labute approximate surface area is 119 Å². The zero-order valence-electron chi connectivity index (χ0n) is 11.8. The molecule has 1 N–H and O–H groups in total. The molecule has 0 spiro atoms. The van der Waals surface area contributed by atoms with Gasteiger partial charge in [-0.2, -0.15) is 0 Å². The van der Waals surface area contributed by atoms with Gasteiger partial charge in [0, 0.05) is 0 Å². The standard InChI is InChI=1S/C16H23NO3/c18-12(9-11-5-1-2-6-11)10-17-15(19)13-7-3-4-8-14(13)16(17)20/h3-4,11-14,18H,1-2,5-10H2/t12-,13-,14-/m1/s1. The second-order valence-corrected chi connectivity index (χ2v) is 6.48. The summed E-state index contributed by atoms with van der Waals surface area (Å²) in [5.74, 6) is 0.0729. The van der Waals surface area contributed by atoms with Crippen LogP contribution in [0, 0.1) is 17.8 Å². The van der Waals surface area contributed by atoms with Gasteiger partial charge in [-0.25, -0.2) is 0 Å². The maximum absolute atomic E-state index is 12.3. The molecule has 0 radical (unpaired) electrons. The Kier molecular flexibility index (Phi) is 3.92. The molecule has 1 heterocycles. The van der Waals surface area contributed by atoms with Crippen molar-refractivity contribution in [2.45, 2.75) is 51.0 Å². The second kappa shape index (κ2) is 5.68. The number of hydrogen-bond donors (Lipinski definition) is 1. The largest absolute Gasteiger partial charge is 0.391 e. The van der Waals surface area contributed by atoms with Crippen LogP contribution in [0.5, 0.6) is 0 Å². The van der Waals surface area contributed by atoms with Gasteiger partial charge in [-0.1, -0.05) is 37.8 Å². The van der Waals surface area contributed by atoms with Crippen LogP contribution in [-0.4, -0.2) is 34.5 Å². The van der Waals surface area contributed by atoms with Crippen molar-refractivity contribution in [3.05, 3.63) is 12.2 Å². The Balaban J connectivity index is 1.59. The third-order valence-corrected chi connectivity index (χ3v) is 5.07. The minimum absolute atomic E-state index is 0.0742. The highest BCUT2D eigenvalue weighted by Crippen LogP contribution is 2.35. The van der Waals surface area contributed by atoms with Gasteiger partial charge in [-0.3, -0.25) is 14.5 Å². The van der Waals surface area contributed by atoms with Gasteiger partial charge in [0.05, 0.1) is 24.5 Å². The Morgan fingerprint density at radius 2 is 1.65 bits per heavy atom. The quantitative estimate of drug-likeness (QED) is 0.630. The molecule has 3 aliphatic rings. The first kappa shape index (κ1) is 13.8. The summed E-state index contributed by atoms with van der Waals surface area (Å²) in [6.45, 7) is 0.196. The maximum atomic E-state index is 12.3. The van der Waals surface area contributed by atoms with E-state index in [1.165, 1.54) is 30.6 Å². The molecule has 1 aliphatic heterocycles. The van der Waals surface area contributed by atoms with Gasteiger partial charge in [0.25, 0.3) is 0 Å². The molecule has 2 amide bonds. The SMILES string of the molecule is O=C1[C@@H]2CC=CC[C@H]2C(=O)N1C[C@H](O)CC1CCCC1. The van der Waals surface area contributed by atoms with Crippen LogP contribution in [0.2, 0.25) is 0 Å². The molecule has 20 heavy (non-hydrogen) atoms. The molecule has 0 aromatic rings. The first-order chi connectivity index (χ1) is 9.66. The maximum Gasteiger partial charge on any atom is 0.233 e. The molecular formula is C16H23NO3. The van der Waals surface area contributed by atoms with Gasteiger partial charge < -0.3 is 5.11 Å². The third kappa shape index (κ3) is 2.53. The van der Waals surface area contributed by atoms with E-state index in [2.05, 4.69) is 0 Å². The minimum Gasteiger partial charge on any atom is -0.391 e. The van der Waals surface area contributed by atoms with Crippen LogP contribution in [-0.2, 0) is 9.59 Å². The number of imide groups is 1. The summed E-state index contributed by atoms with van der Waals surface area (Å²) in [7, 11) is 0. The smallest absolute Gasteiger partial charge is 0.233 e. The summed E-state index contributed by atoms with van der Waals surface area (Å²) in [6.07, 6.45) is 10.3. The second-order valence-electron chi connectivity index (χ2n) is 6.48. The number of allylic oxidation sites excluding steroid dienone is 2. The van der Waals surface area contributed by atoms with E-state index in [-0.39, 0.29) is 30.2 Å². The first-order valence-corrected chi connectivity index (χ1v) is 7.85. The van der Waals surface area contributed by atoms with E-state index < -0.39 is 6.10 Å². The highest BCUT2D eigenvalue weighted by atomic mass is 16.3. The summed E-state index contributed by atoms with van der Waals surface area (Å²) in [4.78, 5) is 25.9. The van der Waals surface area contributed by atoms with Gasteiger partial charge >= 0.3 is 0 Å². The van der Waals surface area contributed by atoms with E-state index in [9.17, 15) is 14.7 Å². The minimum atomic E-state index is -0.556. The van der Waals surface area contributed by atoms with Crippen LogP contribution in [0.15, 0.2) is 12.2 Å². The van der Waals surface area contributed by atoms with Crippen molar-refractivity contribution in [2.75, 3.05) is 6.54 Å². The highest BCUT2D eigenvalue weighted by molar-refractivity contribution is 6.05. The predicted molar refractivity (Wildman–Crippen MR) is 74.7 cm³/mol. The topological polar surface area (TPSA) is 57.6 Å². The lowest BCUT2D eigenvalue weighted by molar-refractivity contribution is -0.141. The van der Waals surface area contributed by atoms with Crippen LogP contribution in [0.4, 0.5) is 0 Å². The van der Waals surface area contributed by atoms with Crippen LogP contribution in [0.1, 0.15) is 44.9 Å². The van der Waals surface area contributed by atoms with E-state index in [1.54, 1.807) is 0 Å². The van der Waals surface area contributed by atoms with Gasteiger partial charge in [0.2, 0.25) is 11.8 Å². The summed E-state index contributed by atoms with van der Waals surface area (Å²) in [5.41, 5.74) is 0. The number of likely N-dealkylation sites (tertiary alicyclic amines) is 1. The zero-order chi connectivity index (χ0) is 14.1. The van der Waals surface area contributed by atoms with Crippen molar-refractivity contribution in [3.8, 4) is 0 Å². The molecule has 3 rings (SSSR count). The van der Waals surface area contributed by atoms with Crippen molar-refractivity contribution in [1.82, 2.24) is 4.90 Å². The molecule has 1 saturated heterocycles. The molecule has 0 unspecified atom stereocenters. The van der Waals surface area contributed by atoms with Crippen LogP contribution in [0.3, 0.4) is 0 Å². The number of rotatable bonds is 4. The summed E-state index contributed by atoms with van der Waals surface area (Å²) < 4.78 is 0. The number of carbonyl (C=O) groups is 2. The van der Waals surface area contributed by atoms with E-state index >= 15 is 0 Å². The number of aliphatic hydroxyl groups excluding tert-OH is 1. The fourth-order valence-electron chi connectivity index (χ4n) is 3.97. The fourth-order valence-corrected chi connectivity index (χ4v) is 3.97. The highest BCUT2D eigenvalue weighted by Gasteiger charge is 2.47. The predicted octanol–water partition coefficient (Wildman–Crippen LogP) is 1.88. The average Bonchev–Trinajstić information content (AvgIpc) is 3.03. The Bertz CT molecular complexity index is 399. The average molecular weight is 277 g/mol.